The van der Waals surface area contributed by atoms with Crippen molar-refractivity contribution in [1.82, 2.24) is 20.9 Å². The standard InChI is InChI=1S/C28H44N12O6/c29-17(13-15-14-37-18-6-2-1-5-16(15)18)23(42)38-19(7-3-11-35-27(31)32)24(43)39-20(8-4-12-36-28(33)34)25(44)40-21(26(45)46)9-10-22(30)41/h1-2,5-6,14,17,19-21,37H,3-4,7-13,29H2,(H2,30,41)(H,38,42)(H,39,43)(H,40,44)(H,45,46)(H4,31,32,35)(H4,33,34,36). The number of hydrogen-bond donors (Lipinski definition) is 11. The largest absolute Gasteiger partial charge is 0.480 e. The molecule has 1 aromatic heterocycles. The van der Waals surface area contributed by atoms with E-state index in [-0.39, 0.29) is 70.0 Å². The third kappa shape index (κ3) is 12.7. The Hall–Kier alpha value is -5.39. The zero-order valence-corrected chi connectivity index (χ0v) is 25.4. The lowest BCUT2D eigenvalue weighted by atomic mass is 10.0. The Morgan fingerprint density at radius 1 is 0.761 bits per heavy atom. The Labute approximate surface area is 265 Å². The highest BCUT2D eigenvalue weighted by atomic mass is 16.4. The summed E-state index contributed by atoms with van der Waals surface area (Å²) >= 11 is 0. The molecule has 18 heteroatoms. The molecule has 0 saturated carbocycles. The number of aromatic nitrogens is 1. The number of carboxylic acids is 1. The van der Waals surface area contributed by atoms with Crippen molar-refractivity contribution in [2.24, 2.45) is 44.4 Å². The monoisotopic (exact) mass is 644 g/mol. The van der Waals surface area contributed by atoms with E-state index in [1.54, 1.807) is 6.20 Å². The van der Waals surface area contributed by atoms with E-state index in [0.29, 0.717) is 0 Å². The average molecular weight is 645 g/mol. The van der Waals surface area contributed by atoms with E-state index in [9.17, 15) is 29.1 Å². The summed E-state index contributed by atoms with van der Waals surface area (Å²) < 4.78 is 0. The average Bonchev–Trinajstić information content (AvgIpc) is 3.39. The molecule has 4 amide bonds. The summed E-state index contributed by atoms with van der Waals surface area (Å²) in [5, 5.41) is 18.0. The fraction of sp³-hybridized carbons (Fsp3) is 0.464. The lowest BCUT2D eigenvalue weighted by molar-refractivity contribution is -0.142. The number of carboxylic acid groups (broad SMARTS) is 1. The molecule has 0 saturated heterocycles. The Morgan fingerprint density at radius 2 is 1.28 bits per heavy atom. The lowest BCUT2D eigenvalue weighted by Gasteiger charge is -2.25. The highest BCUT2D eigenvalue weighted by Crippen LogP contribution is 2.19. The number of hydrogen-bond acceptors (Lipinski definition) is 8. The van der Waals surface area contributed by atoms with Gasteiger partial charge < -0.3 is 60.4 Å². The lowest BCUT2D eigenvalue weighted by Crippen LogP contribution is -2.57. The molecule has 4 atom stereocenters. The van der Waals surface area contributed by atoms with Gasteiger partial charge in [0.15, 0.2) is 11.9 Å². The number of carbonyl (C=O) groups is 5. The van der Waals surface area contributed by atoms with Crippen LogP contribution in [0.2, 0.25) is 0 Å². The Bertz CT molecular complexity index is 1420. The van der Waals surface area contributed by atoms with E-state index in [1.807, 2.05) is 24.3 Å². The van der Waals surface area contributed by atoms with Crippen molar-refractivity contribution in [2.75, 3.05) is 13.1 Å². The van der Waals surface area contributed by atoms with Crippen molar-refractivity contribution >= 4 is 52.4 Å². The minimum Gasteiger partial charge on any atom is -0.480 e. The van der Waals surface area contributed by atoms with Crippen LogP contribution in [0.1, 0.15) is 44.1 Å². The number of rotatable bonds is 20. The number of carbonyl (C=O) groups excluding carboxylic acids is 4. The van der Waals surface area contributed by atoms with E-state index in [1.165, 1.54) is 0 Å². The molecular weight excluding hydrogens is 600 g/mol. The minimum absolute atomic E-state index is 0.00521. The van der Waals surface area contributed by atoms with Crippen LogP contribution in [0.25, 0.3) is 10.9 Å². The van der Waals surface area contributed by atoms with Gasteiger partial charge in [0.05, 0.1) is 6.04 Å². The van der Waals surface area contributed by atoms with Gasteiger partial charge in [-0.05, 0) is 50.2 Å². The molecule has 4 unspecified atom stereocenters. The summed E-state index contributed by atoms with van der Waals surface area (Å²) in [4.78, 5) is 73.7. The smallest absolute Gasteiger partial charge is 0.326 e. The van der Waals surface area contributed by atoms with Crippen LogP contribution in [-0.2, 0) is 30.4 Å². The molecular formula is C28H44N12O6. The molecule has 18 nitrogen and oxygen atoms in total. The van der Waals surface area contributed by atoms with Crippen LogP contribution < -0.4 is 50.4 Å². The first kappa shape index (κ1) is 36.8. The van der Waals surface area contributed by atoms with E-state index < -0.39 is 53.8 Å². The van der Waals surface area contributed by atoms with E-state index >= 15 is 0 Å². The number of aliphatic carboxylic acids is 1. The molecule has 1 aromatic carbocycles. The minimum atomic E-state index is -1.45. The summed E-state index contributed by atoms with van der Waals surface area (Å²) in [6.45, 7) is 0.277. The third-order valence-electron chi connectivity index (χ3n) is 6.90. The number of aliphatic imine (C=N–C) groups is 2. The van der Waals surface area contributed by atoms with Crippen molar-refractivity contribution in [3.8, 4) is 0 Å². The van der Waals surface area contributed by atoms with Gasteiger partial charge in [0.1, 0.15) is 18.1 Å². The molecule has 2 rings (SSSR count). The molecule has 0 aliphatic heterocycles. The Balaban J connectivity index is 2.22. The Kier molecular flexibility index (Phi) is 14.7. The molecule has 46 heavy (non-hydrogen) atoms. The SMILES string of the molecule is NC(=O)CCC(NC(=O)C(CCCN=C(N)N)NC(=O)C(CCCN=C(N)N)NC(=O)C(N)Cc1c[nH]c2ccccc12)C(=O)O. The second kappa shape index (κ2) is 18.4. The number of nitrogens with one attached hydrogen (secondary N) is 4. The van der Waals surface area contributed by atoms with Gasteiger partial charge in [-0.1, -0.05) is 18.2 Å². The predicted octanol–water partition coefficient (Wildman–Crippen LogP) is -3.05. The van der Waals surface area contributed by atoms with Gasteiger partial charge in [0.2, 0.25) is 23.6 Å². The second-order valence-electron chi connectivity index (χ2n) is 10.6. The maximum atomic E-state index is 13.5. The van der Waals surface area contributed by atoms with Crippen LogP contribution in [0.4, 0.5) is 0 Å². The molecule has 0 fully saturated rings. The molecule has 17 N–H and O–H groups in total. The fourth-order valence-corrected chi connectivity index (χ4v) is 4.54. The van der Waals surface area contributed by atoms with Gasteiger partial charge in [-0.15, -0.1) is 0 Å². The predicted molar refractivity (Wildman–Crippen MR) is 172 cm³/mol. The number of benzene rings is 1. The molecule has 0 bridgehead atoms. The first-order valence-electron chi connectivity index (χ1n) is 14.6. The first-order valence-corrected chi connectivity index (χ1v) is 14.6. The molecule has 0 aliphatic carbocycles. The summed E-state index contributed by atoms with van der Waals surface area (Å²) in [5.41, 5.74) is 34.6. The topological polar surface area (TPSA) is 338 Å². The number of nitrogens with two attached hydrogens (primary N) is 6. The van der Waals surface area contributed by atoms with Crippen LogP contribution in [0.5, 0.6) is 0 Å². The van der Waals surface area contributed by atoms with Crippen LogP contribution in [-0.4, -0.2) is 88.9 Å². The maximum absolute atomic E-state index is 13.5. The normalized spacial score (nSPS) is 13.4. The zero-order chi connectivity index (χ0) is 34.2. The van der Waals surface area contributed by atoms with E-state index in [4.69, 9.17) is 34.4 Å². The Morgan fingerprint density at radius 3 is 1.80 bits per heavy atom. The van der Waals surface area contributed by atoms with Crippen LogP contribution in [0, 0.1) is 0 Å². The van der Waals surface area contributed by atoms with Gasteiger partial charge in [-0.25, -0.2) is 4.79 Å². The number of H-pyrrole nitrogens is 1. The van der Waals surface area contributed by atoms with Crippen molar-refractivity contribution in [2.45, 2.75) is 69.1 Å². The molecule has 0 spiro atoms. The number of amides is 4. The number of fused-ring (bicyclic) bond motifs is 1. The summed E-state index contributed by atoms with van der Waals surface area (Å²) in [7, 11) is 0. The van der Waals surface area contributed by atoms with Gasteiger partial charge in [-0.3, -0.25) is 29.2 Å². The van der Waals surface area contributed by atoms with Crippen molar-refractivity contribution in [3.05, 3.63) is 36.0 Å². The number of aromatic amines is 1. The van der Waals surface area contributed by atoms with E-state index in [2.05, 4.69) is 30.9 Å². The van der Waals surface area contributed by atoms with Gasteiger partial charge in [0.25, 0.3) is 0 Å². The highest BCUT2D eigenvalue weighted by molar-refractivity contribution is 5.94. The van der Waals surface area contributed by atoms with Gasteiger partial charge >= 0.3 is 5.97 Å². The first-order chi connectivity index (χ1) is 21.8. The third-order valence-corrected chi connectivity index (χ3v) is 6.90. The molecule has 1 heterocycles. The molecule has 2 aromatic rings. The van der Waals surface area contributed by atoms with Crippen LogP contribution in [0.15, 0.2) is 40.4 Å². The van der Waals surface area contributed by atoms with Gasteiger partial charge in [0, 0.05) is 36.6 Å². The summed E-state index contributed by atoms with van der Waals surface area (Å²) in [6.07, 6.45) is 1.98. The number of guanidine groups is 2. The van der Waals surface area contributed by atoms with Crippen LogP contribution >= 0.6 is 0 Å². The number of nitrogens with zero attached hydrogens (tertiary/aromatic N) is 2. The quantitative estimate of drug-likeness (QED) is 0.0390. The van der Waals surface area contributed by atoms with E-state index in [0.717, 1.165) is 16.5 Å². The summed E-state index contributed by atoms with van der Waals surface area (Å²) in [5.74, 6) is -4.64. The molecule has 0 aliphatic rings. The number of primary amides is 1. The van der Waals surface area contributed by atoms with Gasteiger partial charge in [-0.2, -0.15) is 0 Å². The molecule has 252 valence electrons. The molecule has 0 radical (unpaired) electrons. The highest BCUT2D eigenvalue weighted by Gasteiger charge is 2.30. The van der Waals surface area contributed by atoms with Crippen molar-refractivity contribution in [1.29, 1.82) is 0 Å². The second-order valence-corrected chi connectivity index (χ2v) is 10.6. The van der Waals surface area contributed by atoms with Crippen molar-refractivity contribution < 1.29 is 29.1 Å². The fourth-order valence-electron chi connectivity index (χ4n) is 4.54. The summed E-state index contributed by atoms with van der Waals surface area (Å²) in [6, 6.07) is 2.64. The van der Waals surface area contributed by atoms with Crippen LogP contribution in [0.3, 0.4) is 0 Å². The maximum Gasteiger partial charge on any atom is 0.326 e. The van der Waals surface area contributed by atoms with Crippen molar-refractivity contribution in [3.63, 3.8) is 0 Å². The zero-order valence-electron chi connectivity index (χ0n) is 25.4. The number of para-hydroxylation sites is 1.